The van der Waals surface area contributed by atoms with Crippen molar-refractivity contribution in [2.75, 3.05) is 5.32 Å². The van der Waals surface area contributed by atoms with Crippen molar-refractivity contribution in [2.24, 2.45) is 0 Å². The number of nitrogens with zero attached hydrogens (tertiary/aromatic N) is 2. The number of H-pyrrole nitrogens is 1. The first-order valence-electron chi connectivity index (χ1n) is 5.17. The molecule has 2 rings (SSSR count). The predicted molar refractivity (Wildman–Crippen MR) is 68.4 cm³/mol. The molecule has 90 valence electrons. The van der Waals surface area contributed by atoms with Crippen molar-refractivity contribution in [3.63, 3.8) is 0 Å². The van der Waals surface area contributed by atoms with E-state index in [4.69, 9.17) is 16.9 Å². The fraction of sp³-hybridized carbons (Fsp3) is 0.0833. The van der Waals surface area contributed by atoms with Crippen molar-refractivity contribution in [3.8, 4) is 6.07 Å². The molecule has 0 aliphatic rings. The van der Waals surface area contributed by atoms with E-state index in [9.17, 15) is 4.79 Å². The molecule has 0 amide bonds. The SMILES string of the molecule is N#Cc1cccc(CNc2nc[nH]c(=O)c2Cl)c1. The van der Waals surface area contributed by atoms with Gasteiger partial charge in [-0.2, -0.15) is 5.26 Å². The van der Waals surface area contributed by atoms with Gasteiger partial charge in [-0.05, 0) is 17.7 Å². The Balaban J connectivity index is 2.14. The largest absolute Gasteiger partial charge is 0.365 e. The summed E-state index contributed by atoms with van der Waals surface area (Å²) in [6, 6.07) is 9.21. The molecule has 6 heteroatoms. The summed E-state index contributed by atoms with van der Waals surface area (Å²) >= 11 is 5.80. The van der Waals surface area contributed by atoms with E-state index in [1.54, 1.807) is 18.2 Å². The van der Waals surface area contributed by atoms with E-state index >= 15 is 0 Å². The molecule has 0 aliphatic carbocycles. The summed E-state index contributed by atoms with van der Waals surface area (Å²) in [7, 11) is 0. The smallest absolute Gasteiger partial charge is 0.271 e. The highest BCUT2D eigenvalue weighted by Gasteiger charge is 2.05. The van der Waals surface area contributed by atoms with Gasteiger partial charge in [0.1, 0.15) is 5.02 Å². The highest BCUT2D eigenvalue weighted by molar-refractivity contribution is 6.32. The Hall–Kier alpha value is -2.32. The maximum atomic E-state index is 11.2. The maximum Gasteiger partial charge on any atom is 0.271 e. The first kappa shape index (κ1) is 12.1. The Morgan fingerprint density at radius 2 is 2.33 bits per heavy atom. The lowest BCUT2D eigenvalue weighted by molar-refractivity contribution is 1.06. The highest BCUT2D eigenvalue weighted by Crippen LogP contribution is 2.13. The van der Waals surface area contributed by atoms with Crippen LogP contribution < -0.4 is 10.9 Å². The molecule has 5 nitrogen and oxygen atoms in total. The Labute approximate surface area is 108 Å². The zero-order chi connectivity index (χ0) is 13.0. The van der Waals surface area contributed by atoms with Gasteiger partial charge in [-0.15, -0.1) is 0 Å². The van der Waals surface area contributed by atoms with Crippen LogP contribution in [0.4, 0.5) is 5.82 Å². The lowest BCUT2D eigenvalue weighted by atomic mass is 10.1. The second-order valence-electron chi connectivity index (χ2n) is 3.56. The quantitative estimate of drug-likeness (QED) is 0.883. The van der Waals surface area contributed by atoms with E-state index in [2.05, 4.69) is 21.4 Å². The van der Waals surface area contributed by atoms with Crippen molar-refractivity contribution in [3.05, 3.63) is 57.1 Å². The minimum absolute atomic E-state index is 0.0222. The summed E-state index contributed by atoms with van der Waals surface area (Å²) in [5, 5.41) is 11.7. The van der Waals surface area contributed by atoms with E-state index in [1.165, 1.54) is 6.33 Å². The summed E-state index contributed by atoms with van der Waals surface area (Å²) in [6.07, 6.45) is 1.28. The monoisotopic (exact) mass is 260 g/mol. The van der Waals surface area contributed by atoms with E-state index < -0.39 is 0 Å². The first-order chi connectivity index (χ1) is 8.70. The Kier molecular flexibility index (Phi) is 3.60. The highest BCUT2D eigenvalue weighted by atomic mass is 35.5. The second-order valence-corrected chi connectivity index (χ2v) is 3.94. The van der Waals surface area contributed by atoms with Crippen LogP contribution in [0.2, 0.25) is 5.02 Å². The molecule has 0 aliphatic heterocycles. The average molecular weight is 261 g/mol. The van der Waals surface area contributed by atoms with Gasteiger partial charge < -0.3 is 10.3 Å². The number of hydrogen-bond donors (Lipinski definition) is 2. The van der Waals surface area contributed by atoms with Crippen molar-refractivity contribution in [1.29, 1.82) is 5.26 Å². The van der Waals surface area contributed by atoms with Gasteiger partial charge in [0.2, 0.25) is 0 Å². The van der Waals surface area contributed by atoms with E-state index in [0.717, 1.165) is 5.56 Å². The fourth-order valence-electron chi connectivity index (χ4n) is 1.44. The van der Waals surface area contributed by atoms with Crippen LogP contribution in [0, 0.1) is 11.3 Å². The molecule has 1 aromatic carbocycles. The van der Waals surface area contributed by atoms with E-state index in [-0.39, 0.29) is 10.6 Å². The van der Waals surface area contributed by atoms with Gasteiger partial charge in [0.05, 0.1) is 18.0 Å². The summed E-state index contributed by atoms with van der Waals surface area (Å²) in [5.74, 6) is 0.322. The number of anilines is 1. The number of aromatic nitrogens is 2. The van der Waals surface area contributed by atoms with Crippen molar-refractivity contribution in [2.45, 2.75) is 6.54 Å². The van der Waals surface area contributed by atoms with Crippen LogP contribution in [-0.2, 0) is 6.54 Å². The third kappa shape index (κ3) is 2.67. The van der Waals surface area contributed by atoms with Gasteiger partial charge in [0.15, 0.2) is 5.82 Å². The van der Waals surface area contributed by atoms with Crippen LogP contribution in [0.1, 0.15) is 11.1 Å². The molecule has 1 aromatic heterocycles. The summed E-state index contributed by atoms with van der Waals surface area (Å²) < 4.78 is 0. The molecule has 0 saturated heterocycles. The minimum atomic E-state index is -0.389. The zero-order valence-electron chi connectivity index (χ0n) is 9.27. The fourth-order valence-corrected chi connectivity index (χ4v) is 1.61. The molecular weight excluding hydrogens is 252 g/mol. The molecule has 0 bridgehead atoms. The summed E-state index contributed by atoms with van der Waals surface area (Å²) in [6.45, 7) is 0.436. The summed E-state index contributed by atoms with van der Waals surface area (Å²) in [5.41, 5.74) is 1.10. The molecule has 0 unspecified atom stereocenters. The normalized spacial score (nSPS) is 9.78. The van der Waals surface area contributed by atoms with Crippen molar-refractivity contribution >= 4 is 17.4 Å². The van der Waals surface area contributed by atoms with Gasteiger partial charge in [0.25, 0.3) is 5.56 Å². The topological polar surface area (TPSA) is 81.6 Å². The Morgan fingerprint density at radius 1 is 1.50 bits per heavy atom. The summed E-state index contributed by atoms with van der Waals surface area (Å²) in [4.78, 5) is 17.5. The molecule has 0 spiro atoms. The van der Waals surface area contributed by atoms with E-state index in [0.29, 0.717) is 17.9 Å². The van der Waals surface area contributed by atoms with Crippen molar-refractivity contribution < 1.29 is 0 Å². The number of halogens is 1. The van der Waals surface area contributed by atoms with Crippen LogP contribution in [0.3, 0.4) is 0 Å². The van der Waals surface area contributed by atoms with Crippen molar-refractivity contribution in [1.82, 2.24) is 9.97 Å². The zero-order valence-corrected chi connectivity index (χ0v) is 10.0. The number of benzene rings is 1. The standard InChI is InChI=1S/C12H9ClN4O/c13-10-11(16-7-17-12(10)18)15-6-9-3-1-2-8(4-9)5-14/h1-4,7H,6H2,(H2,15,16,17,18). The molecule has 0 fully saturated rings. The molecule has 0 saturated carbocycles. The van der Waals surface area contributed by atoms with Crippen LogP contribution in [-0.4, -0.2) is 9.97 Å². The van der Waals surface area contributed by atoms with Gasteiger partial charge in [0, 0.05) is 6.54 Å². The van der Waals surface area contributed by atoms with Crippen LogP contribution in [0.5, 0.6) is 0 Å². The number of nitriles is 1. The lowest BCUT2D eigenvalue weighted by Crippen LogP contribution is -2.11. The van der Waals surface area contributed by atoms with Gasteiger partial charge >= 0.3 is 0 Å². The molecule has 0 atom stereocenters. The Morgan fingerprint density at radius 3 is 3.11 bits per heavy atom. The van der Waals surface area contributed by atoms with Gasteiger partial charge in [-0.1, -0.05) is 23.7 Å². The van der Waals surface area contributed by atoms with Gasteiger partial charge in [-0.3, -0.25) is 4.79 Å². The Bertz CT molecular complexity index is 660. The maximum absolute atomic E-state index is 11.2. The van der Waals surface area contributed by atoms with E-state index in [1.807, 2.05) is 6.07 Å². The number of aromatic amines is 1. The molecule has 18 heavy (non-hydrogen) atoms. The predicted octanol–water partition coefficient (Wildman–Crippen LogP) is 1.91. The van der Waals surface area contributed by atoms with Crippen LogP contribution in [0.25, 0.3) is 0 Å². The lowest BCUT2D eigenvalue weighted by Gasteiger charge is -2.06. The van der Waals surface area contributed by atoms with Crippen LogP contribution >= 0.6 is 11.6 Å². The first-order valence-corrected chi connectivity index (χ1v) is 5.54. The second kappa shape index (κ2) is 5.34. The molecule has 2 N–H and O–H groups in total. The molecular formula is C12H9ClN4O. The average Bonchev–Trinajstić information content (AvgIpc) is 2.41. The number of nitrogens with one attached hydrogen (secondary N) is 2. The molecule has 2 aromatic rings. The minimum Gasteiger partial charge on any atom is -0.365 e. The third-order valence-electron chi connectivity index (χ3n) is 2.31. The van der Waals surface area contributed by atoms with Gasteiger partial charge in [-0.25, -0.2) is 4.98 Å². The number of hydrogen-bond acceptors (Lipinski definition) is 4. The number of rotatable bonds is 3. The third-order valence-corrected chi connectivity index (χ3v) is 2.66. The molecule has 1 heterocycles. The van der Waals surface area contributed by atoms with Crippen LogP contribution in [0.15, 0.2) is 35.4 Å². The molecule has 0 radical (unpaired) electrons.